The number of aliphatic carboxylic acids is 1. The molecule has 130 valence electrons. The van der Waals surface area contributed by atoms with E-state index in [4.69, 9.17) is 5.11 Å². The van der Waals surface area contributed by atoms with Crippen LogP contribution in [0, 0.1) is 0 Å². The summed E-state index contributed by atoms with van der Waals surface area (Å²) >= 11 is 0. The third-order valence-electron chi connectivity index (χ3n) is 3.22. The predicted octanol–water partition coefficient (Wildman–Crippen LogP) is 6.21. The molecule has 0 bridgehead atoms. The average Bonchev–Trinajstić information content (AvgIpc) is 2.50. The van der Waals surface area contributed by atoms with Crippen LogP contribution in [0.15, 0.2) is 48.6 Å². The van der Waals surface area contributed by atoms with Crippen LogP contribution in [0.4, 0.5) is 0 Å². The summed E-state index contributed by atoms with van der Waals surface area (Å²) < 4.78 is 0. The molecule has 0 atom stereocenters. The van der Waals surface area contributed by atoms with Crippen LogP contribution in [0.3, 0.4) is 0 Å². The predicted molar refractivity (Wildman–Crippen MR) is 96.0 cm³/mol. The fraction of sp³-hybridized carbons (Fsp3) is 0.550. The first kappa shape index (κ1) is 24.2. The molecule has 0 rings (SSSR count). The van der Waals surface area contributed by atoms with E-state index in [2.05, 4.69) is 55.5 Å². The Labute approximate surface area is 153 Å². The Bertz CT molecular complexity index is 368. The third-order valence-corrected chi connectivity index (χ3v) is 3.22. The Morgan fingerprint density at radius 3 is 1.61 bits per heavy atom. The molecule has 0 fully saturated rings. The van der Waals surface area contributed by atoms with Crippen molar-refractivity contribution in [1.29, 1.82) is 0 Å². The van der Waals surface area contributed by atoms with E-state index < -0.39 is 5.97 Å². The minimum Gasteiger partial charge on any atom is -0.481 e. The monoisotopic (exact) mass is 356 g/mol. The fourth-order valence-electron chi connectivity index (χ4n) is 1.93. The molecule has 0 unspecified atom stereocenters. The van der Waals surface area contributed by atoms with Gasteiger partial charge in [-0.15, -0.1) is 0 Å². The van der Waals surface area contributed by atoms with E-state index in [9.17, 15) is 4.79 Å². The Morgan fingerprint density at radius 1 is 0.739 bits per heavy atom. The number of rotatable bonds is 14. The van der Waals surface area contributed by atoms with Crippen molar-refractivity contribution < 1.29 is 27.3 Å². The Hall–Kier alpha value is -1.04. The first-order chi connectivity index (χ1) is 10.8. The molecule has 0 saturated heterocycles. The van der Waals surface area contributed by atoms with Gasteiger partial charge in [-0.25, -0.2) is 0 Å². The fourth-order valence-corrected chi connectivity index (χ4v) is 1.93. The van der Waals surface area contributed by atoms with E-state index in [0.717, 1.165) is 32.1 Å². The zero-order chi connectivity index (χ0) is 16.3. The topological polar surface area (TPSA) is 37.3 Å². The summed E-state index contributed by atoms with van der Waals surface area (Å²) in [5, 5.41) is 8.49. The van der Waals surface area contributed by atoms with E-state index in [1.165, 1.54) is 25.7 Å². The van der Waals surface area contributed by atoms with Crippen LogP contribution in [-0.2, 0) is 22.2 Å². The molecule has 0 amide bonds. The van der Waals surface area contributed by atoms with Gasteiger partial charge in [0, 0.05) is 23.8 Å². The molecule has 23 heavy (non-hydrogen) atoms. The molecule has 0 aliphatic carbocycles. The summed E-state index contributed by atoms with van der Waals surface area (Å²) in [5.74, 6) is -0.712. The van der Waals surface area contributed by atoms with E-state index >= 15 is 0 Å². The van der Waals surface area contributed by atoms with Gasteiger partial charge in [-0.05, 0) is 44.9 Å². The van der Waals surface area contributed by atoms with Crippen LogP contribution in [0.5, 0.6) is 0 Å². The minimum absolute atomic E-state index is 0. The van der Waals surface area contributed by atoms with E-state index in [-0.39, 0.29) is 23.8 Å². The number of hydrogen-bond acceptors (Lipinski definition) is 1. The molecule has 0 aromatic rings. The van der Waals surface area contributed by atoms with E-state index in [1.807, 2.05) is 0 Å². The van der Waals surface area contributed by atoms with Gasteiger partial charge in [0.05, 0.1) is 0 Å². The zero-order valence-corrected chi connectivity index (χ0v) is 15.7. The summed E-state index contributed by atoms with van der Waals surface area (Å²) in [5.41, 5.74) is 0. The molecule has 0 aliphatic heterocycles. The van der Waals surface area contributed by atoms with Gasteiger partial charge in [0.2, 0.25) is 0 Å². The van der Waals surface area contributed by atoms with Crippen molar-refractivity contribution in [2.24, 2.45) is 0 Å². The molecule has 0 saturated carbocycles. The van der Waals surface area contributed by atoms with Crippen molar-refractivity contribution in [3.63, 3.8) is 0 Å². The van der Waals surface area contributed by atoms with Crippen LogP contribution in [-0.4, -0.2) is 11.1 Å². The van der Waals surface area contributed by atoms with Crippen LogP contribution in [0.25, 0.3) is 0 Å². The van der Waals surface area contributed by atoms with Crippen LogP contribution in [0.1, 0.15) is 71.1 Å². The second kappa shape index (κ2) is 21.0. The van der Waals surface area contributed by atoms with Gasteiger partial charge < -0.3 is 5.11 Å². The Kier molecular flexibility index (Phi) is 22.1. The summed E-state index contributed by atoms with van der Waals surface area (Å²) in [6, 6.07) is 0. The number of carboxylic acid groups (broad SMARTS) is 1. The maximum atomic E-state index is 10.3. The maximum Gasteiger partial charge on any atom is 0.303 e. The third kappa shape index (κ3) is 23.4. The second-order valence-electron chi connectivity index (χ2n) is 5.37. The van der Waals surface area contributed by atoms with Crippen molar-refractivity contribution in [2.45, 2.75) is 71.1 Å². The smallest absolute Gasteiger partial charge is 0.303 e. The van der Waals surface area contributed by atoms with E-state index in [0.29, 0.717) is 0 Å². The van der Waals surface area contributed by atoms with Gasteiger partial charge in [-0.1, -0.05) is 68.4 Å². The number of allylic oxidation sites excluding steroid dienone is 8. The Morgan fingerprint density at radius 2 is 1.17 bits per heavy atom. The summed E-state index contributed by atoms with van der Waals surface area (Å²) in [6.07, 6.45) is 27.3. The molecule has 0 aromatic carbocycles. The van der Waals surface area contributed by atoms with Crippen molar-refractivity contribution in [1.82, 2.24) is 0 Å². The average molecular weight is 356 g/mol. The molecular weight excluding hydrogens is 324 g/mol. The molecule has 0 spiro atoms. The standard InChI is InChI=1S/C20H32O2.Cr/c1-2-3-4-5-6-7-8-9-10-11-12-13-14-15-16-17-18-19-20(21)22;/h6-7,9-10,12-13,15-16H,2-5,8,11,14,17-19H2,1H3,(H,21,22);. The first-order valence-electron chi connectivity index (χ1n) is 8.59. The van der Waals surface area contributed by atoms with Crippen molar-refractivity contribution in [3.8, 4) is 0 Å². The molecule has 0 aromatic heterocycles. The molecule has 0 aliphatic rings. The van der Waals surface area contributed by atoms with E-state index in [1.54, 1.807) is 0 Å². The van der Waals surface area contributed by atoms with Crippen LogP contribution >= 0.6 is 0 Å². The van der Waals surface area contributed by atoms with Crippen molar-refractivity contribution >= 4 is 5.97 Å². The van der Waals surface area contributed by atoms with Gasteiger partial charge in [0.1, 0.15) is 0 Å². The maximum absolute atomic E-state index is 10.3. The van der Waals surface area contributed by atoms with Crippen molar-refractivity contribution in [2.75, 3.05) is 0 Å². The zero-order valence-electron chi connectivity index (χ0n) is 14.5. The summed E-state index contributed by atoms with van der Waals surface area (Å²) in [7, 11) is 0. The minimum atomic E-state index is -0.712. The normalized spacial score (nSPS) is 11.9. The number of unbranched alkanes of at least 4 members (excludes halogenated alkanes) is 4. The van der Waals surface area contributed by atoms with Gasteiger partial charge in [0.15, 0.2) is 0 Å². The molecular formula is C20H32CrO2. The molecule has 0 heterocycles. The van der Waals surface area contributed by atoms with Crippen LogP contribution < -0.4 is 0 Å². The van der Waals surface area contributed by atoms with Crippen LogP contribution in [0.2, 0.25) is 0 Å². The largest absolute Gasteiger partial charge is 0.481 e. The van der Waals surface area contributed by atoms with Gasteiger partial charge in [0.25, 0.3) is 0 Å². The SMILES string of the molecule is CCCCCC=CCC=CCC=CCC=CCCCC(=O)O.[Cr]. The van der Waals surface area contributed by atoms with Gasteiger partial charge in [-0.2, -0.15) is 0 Å². The number of carboxylic acids is 1. The summed E-state index contributed by atoms with van der Waals surface area (Å²) in [4.78, 5) is 10.3. The van der Waals surface area contributed by atoms with Crippen molar-refractivity contribution in [3.05, 3.63) is 48.6 Å². The Balaban J connectivity index is 0. The van der Waals surface area contributed by atoms with Gasteiger partial charge in [-0.3, -0.25) is 4.79 Å². The number of hydrogen-bond donors (Lipinski definition) is 1. The molecule has 2 nitrogen and oxygen atoms in total. The summed E-state index contributed by atoms with van der Waals surface area (Å²) in [6.45, 7) is 2.23. The molecule has 0 radical (unpaired) electrons. The quantitative estimate of drug-likeness (QED) is 0.296. The first-order valence-corrected chi connectivity index (χ1v) is 8.59. The molecule has 3 heteroatoms. The van der Waals surface area contributed by atoms with Gasteiger partial charge >= 0.3 is 5.97 Å². The second-order valence-corrected chi connectivity index (χ2v) is 5.37. The number of carbonyl (C=O) groups is 1. The molecule has 1 N–H and O–H groups in total.